The third-order valence-electron chi connectivity index (χ3n) is 0.529. The van der Waals surface area contributed by atoms with Crippen LogP contribution in [0.4, 0.5) is 0 Å². The number of halogens is 1. The zero-order chi connectivity index (χ0) is 8.74. The van der Waals surface area contributed by atoms with Gasteiger partial charge in [-0.15, -0.1) is 21.8 Å². The van der Waals surface area contributed by atoms with Crippen LogP contribution in [0.1, 0.15) is 13.8 Å². The fourth-order valence-corrected chi connectivity index (χ4v) is 0.753. The largest absolute Gasteiger partial charge is 0.526 e. The third-order valence-corrected chi connectivity index (χ3v) is 1.12. The Labute approximate surface area is 76.6 Å². The Hall–Kier alpha value is 0.320. The molecule has 0 heterocycles. The lowest BCUT2D eigenvalue weighted by Gasteiger charge is -2.07. The minimum absolute atomic E-state index is 0. The van der Waals surface area contributed by atoms with Crippen LogP contribution in [0.5, 0.6) is 0 Å². The van der Waals surface area contributed by atoms with Crippen molar-refractivity contribution in [1.82, 2.24) is 0 Å². The molecule has 8 heteroatoms. The quantitative estimate of drug-likeness (QED) is 0.416. The zero-order valence-electron chi connectivity index (χ0n) is 6.76. The molecule has 0 rings (SSSR count). The van der Waals surface area contributed by atoms with Crippen molar-refractivity contribution in [2.24, 2.45) is 0 Å². The Morgan fingerprint density at radius 3 is 1.75 bits per heavy atom. The zero-order valence-corrected chi connectivity index (χ0v) is 8.47. The molecule has 0 spiro atoms. The molecular formula is C4H12ClO6P. The maximum atomic E-state index is 10.6. The molecule has 0 unspecified atom stereocenters. The van der Waals surface area contributed by atoms with Crippen LogP contribution in [-0.4, -0.2) is 18.1 Å². The Morgan fingerprint density at radius 2 is 1.50 bits per heavy atom. The summed E-state index contributed by atoms with van der Waals surface area (Å²) in [5, 5.41) is 0. The van der Waals surface area contributed by atoms with Crippen molar-refractivity contribution in [3.05, 3.63) is 0 Å². The van der Waals surface area contributed by atoms with Crippen LogP contribution in [0.25, 0.3) is 0 Å². The van der Waals surface area contributed by atoms with Crippen LogP contribution in [-0.2, 0) is 23.7 Å². The van der Waals surface area contributed by atoms with Crippen molar-refractivity contribution in [3.8, 4) is 0 Å². The molecule has 0 radical (unpaired) electrons. The van der Waals surface area contributed by atoms with Crippen LogP contribution < -0.4 is 0 Å². The highest BCUT2D eigenvalue weighted by Crippen LogP contribution is 2.43. The van der Waals surface area contributed by atoms with Gasteiger partial charge in [0.2, 0.25) is 0 Å². The van der Waals surface area contributed by atoms with Gasteiger partial charge in [-0.1, -0.05) is 0 Å². The predicted molar refractivity (Wildman–Crippen MR) is 42.5 cm³/mol. The van der Waals surface area contributed by atoms with Gasteiger partial charge in [-0.25, -0.2) is 14.3 Å². The molecule has 0 atom stereocenters. The molecule has 0 aromatic heterocycles. The van der Waals surface area contributed by atoms with Crippen molar-refractivity contribution in [2.75, 3.05) is 13.2 Å². The third kappa shape index (κ3) is 8.42. The second kappa shape index (κ2) is 7.94. The molecular weight excluding hydrogens is 210 g/mol. The van der Waals surface area contributed by atoms with Gasteiger partial charge < -0.3 is 0 Å². The van der Waals surface area contributed by atoms with Gasteiger partial charge in [0.1, 0.15) is 0 Å². The molecule has 6 nitrogen and oxygen atoms in total. The molecule has 0 amide bonds. The highest BCUT2D eigenvalue weighted by molar-refractivity contribution is 7.47. The van der Waals surface area contributed by atoms with Crippen LogP contribution in [0.2, 0.25) is 0 Å². The summed E-state index contributed by atoms with van der Waals surface area (Å²) >= 11 is 0. The fourth-order valence-electron chi connectivity index (χ4n) is 0.251. The predicted octanol–water partition coefficient (Wildman–Crippen LogP) is 1.44. The summed E-state index contributed by atoms with van der Waals surface area (Å²) in [4.78, 5) is 17.0. The van der Waals surface area contributed by atoms with E-state index in [9.17, 15) is 4.57 Å². The van der Waals surface area contributed by atoms with E-state index in [0.717, 1.165) is 0 Å². The van der Waals surface area contributed by atoms with Gasteiger partial charge >= 0.3 is 7.82 Å². The topological polar surface area (TPSA) is 74.2 Å². The van der Waals surface area contributed by atoms with E-state index in [1.54, 1.807) is 13.8 Å². The first-order chi connectivity index (χ1) is 5.12. The first kappa shape index (κ1) is 14.8. The molecule has 12 heavy (non-hydrogen) atoms. The SMILES string of the molecule is CCOOP(=O)(O)OOCC.Cl. The van der Waals surface area contributed by atoms with Gasteiger partial charge in [0.25, 0.3) is 0 Å². The van der Waals surface area contributed by atoms with Crippen LogP contribution in [0.3, 0.4) is 0 Å². The van der Waals surface area contributed by atoms with Gasteiger partial charge in [-0.2, -0.15) is 0 Å². The van der Waals surface area contributed by atoms with Gasteiger partial charge in [0, 0.05) is 0 Å². The molecule has 0 saturated carbocycles. The lowest BCUT2D eigenvalue weighted by Crippen LogP contribution is -1.97. The first-order valence-electron chi connectivity index (χ1n) is 3.07. The highest BCUT2D eigenvalue weighted by atomic mass is 35.5. The van der Waals surface area contributed by atoms with E-state index in [0.29, 0.717) is 0 Å². The monoisotopic (exact) mass is 222 g/mol. The van der Waals surface area contributed by atoms with Crippen molar-refractivity contribution >= 4 is 20.2 Å². The van der Waals surface area contributed by atoms with Crippen LogP contribution >= 0.6 is 20.2 Å². The second-order valence-electron chi connectivity index (χ2n) is 1.43. The lowest BCUT2D eigenvalue weighted by molar-refractivity contribution is -0.275. The Kier molecular flexibility index (Phi) is 9.81. The van der Waals surface area contributed by atoms with Gasteiger partial charge in [-0.05, 0) is 13.8 Å². The van der Waals surface area contributed by atoms with E-state index < -0.39 is 7.82 Å². The average Bonchev–Trinajstić information content (AvgIpc) is 1.97. The number of hydrogen-bond donors (Lipinski definition) is 1. The van der Waals surface area contributed by atoms with E-state index in [2.05, 4.69) is 19.1 Å². The van der Waals surface area contributed by atoms with Gasteiger partial charge in [-0.3, -0.25) is 4.89 Å². The normalized spacial score (nSPS) is 10.9. The minimum Gasteiger partial charge on any atom is -0.299 e. The van der Waals surface area contributed by atoms with Crippen LogP contribution in [0.15, 0.2) is 0 Å². The number of rotatable bonds is 6. The summed E-state index contributed by atoms with van der Waals surface area (Å²) in [6.45, 7) is 3.50. The number of phosphoric acid groups is 1. The number of hydrogen-bond acceptors (Lipinski definition) is 5. The summed E-state index contributed by atoms with van der Waals surface area (Å²) in [5.74, 6) is 0. The van der Waals surface area contributed by atoms with Crippen molar-refractivity contribution < 1.29 is 28.6 Å². The van der Waals surface area contributed by atoms with Crippen molar-refractivity contribution in [3.63, 3.8) is 0 Å². The Bertz CT molecular complexity index is 130. The van der Waals surface area contributed by atoms with E-state index >= 15 is 0 Å². The Balaban J connectivity index is 0. The second-order valence-corrected chi connectivity index (χ2v) is 2.67. The molecule has 76 valence electrons. The minimum atomic E-state index is -4.17. The summed E-state index contributed by atoms with van der Waals surface area (Å²) in [6, 6.07) is 0. The van der Waals surface area contributed by atoms with E-state index in [1.807, 2.05) is 0 Å². The van der Waals surface area contributed by atoms with Crippen LogP contribution in [0, 0.1) is 0 Å². The summed E-state index contributed by atoms with van der Waals surface area (Å²) in [6.07, 6.45) is 0. The molecule has 0 bridgehead atoms. The van der Waals surface area contributed by atoms with Crippen molar-refractivity contribution in [1.29, 1.82) is 0 Å². The first-order valence-corrected chi connectivity index (χ1v) is 4.57. The van der Waals surface area contributed by atoms with E-state index in [4.69, 9.17) is 4.89 Å². The molecule has 0 aliphatic rings. The van der Waals surface area contributed by atoms with Gasteiger partial charge in [0.15, 0.2) is 0 Å². The summed E-state index contributed by atoms with van der Waals surface area (Å²) < 4.78 is 18.5. The Morgan fingerprint density at radius 1 is 1.17 bits per heavy atom. The molecule has 1 N–H and O–H groups in total. The molecule has 0 aliphatic carbocycles. The fraction of sp³-hybridized carbons (Fsp3) is 1.00. The van der Waals surface area contributed by atoms with E-state index in [-0.39, 0.29) is 25.6 Å². The van der Waals surface area contributed by atoms with E-state index in [1.165, 1.54) is 0 Å². The standard InChI is InChI=1S/C4H11O6P.ClH/c1-3-7-9-11(5,6)10-8-4-2;/h3-4H2,1-2H3,(H,5,6);1H. The van der Waals surface area contributed by atoms with Crippen molar-refractivity contribution in [2.45, 2.75) is 13.8 Å². The van der Waals surface area contributed by atoms with Gasteiger partial charge in [0.05, 0.1) is 13.2 Å². The smallest absolute Gasteiger partial charge is 0.299 e. The molecule has 0 aromatic carbocycles. The molecule has 0 aromatic rings. The summed E-state index contributed by atoms with van der Waals surface area (Å²) in [5.41, 5.74) is 0. The maximum absolute atomic E-state index is 10.6. The molecule has 0 fully saturated rings. The lowest BCUT2D eigenvalue weighted by atomic mass is 10.9. The molecule has 0 saturated heterocycles. The maximum Gasteiger partial charge on any atom is 0.526 e. The summed E-state index contributed by atoms with van der Waals surface area (Å²) in [7, 11) is -4.17. The average molecular weight is 223 g/mol. The highest BCUT2D eigenvalue weighted by Gasteiger charge is 2.23. The molecule has 0 aliphatic heterocycles.